The largest absolute Gasteiger partial charge is 0.340 e. The van der Waals surface area contributed by atoms with E-state index in [1.54, 1.807) is 0 Å². The molecule has 1 aliphatic rings. The van der Waals surface area contributed by atoms with Crippen molar-refractivity contribution in [2.75, 3.05) is 19.7 Å². The molecule has 0 saturated carbocycles. The van der Waals surface area contributed by atoms with Gasteiger partial charge in [-0.05, 0) is 40.5 Å². The first-order valence-corrected chi connectivity index (χ1v) is 17.1. The molecule has 0 aliphatic carbocycles. The third-order valence-corrected chi connectivity index (χ3v) is 9.58. The molecule has 1 unspecified atom stereocenters. The lowest BCUT2D eigenvalue weighted by molar-refractivity contribution is -0.130. The number of likely N-dealkylation sites (tertiary alicyclic amines) is 1. The van der Waals surface area contributed by atoms with Gasteiger partial charge < -0.3 is 13.9 Å². The fraction of sp³-hybridized carbons (Fsp3) is 0.935. The number of hydrogen-bond donors (Lipinski definition) is 0. The van der Waals surface area contributed by atoms with Gasteiger partial charge in [0.05, 0.1) is 25.2 Å². The van der Waals surface area contributed by atoms with Gasteiger partial charge in [0.25, 0.3) is 8.53 Å². The molecule has 6 nitrogen and oxygen atoms in total. The number of rotatable bonds is 24. The Morgan fingerprint density at radius 3 is 1.87 bits per heavy atom. The predicted molar refractivity (Wildman–Crippen MR) is 161 cm³/mol. The van der Waals surface area contributed by atoms with Gasteiger partial charge in [-0.2, -0.15) is 5.26 Å². The molecule has 0 N–H and O–H groups in total. The van der Waals surface area contributed by atoms with Gasteiger partial charge >= 0.3 is 0 Å². The van der Waals surface area contributed by atoms with Crippen molar-refractivity contribution in [2.45, 2.75) is 168 Å². The molecule has 0 spiro atoms. The number of nitrogens with zero attached hydrogens (tertiary/aromatic N) is 3. The van der Waals surface area contributed by atoms with Gasteiger partial charge in [-0.15, -0.1) is 0 Å². The van der Waals surface area contributed by atoms with E-state index in [2.05, 4.69) is 45.4 Å². The zero-order valence-electron chi connectivity index (χ0n) is 25.6. The van der Waals surface area contributed by atoms with Crippen molar-refractivity contribution in [3.05, 3.63) is 0 Å². The first kappa shape index (κ1) is 35.3. The summed E-state index contributed by atoms with van der Waals surface area (Å²) in [5.41, 5.74) is 0. The average Bonchev–Trinajstić information content (AvgIpc) is 3.34. The van der Waals surface area contributed by atoms with E-state index in [1.165, 1.54) is 83.5 Å². The molecular weight excluding hydrogens is 493 g/mol. The molecule has 1 fully saturated rings. The molecule has 0 aromatic carbocycles. The summed E-state index contributed by atoms with van der Waals surface area (Å²) in [7, 11) is -1.25. The van der Waals surface area contributed by atoms with Crippen molar-refractivity contribution < 1.29 is 13.8 Å². The lowest BCUT2D eigenvalue weighted by Crippen LogP contribution is -2.35. The molecule has 222 valence electrons. The molecule has 0 aromatic heterocycles. The topological polar surface area (TPSA) is 65.8 Å². The standard InChI is InChI=1S/C31H60N3O3P/c1-6-7-8-9-10-11-12-13-14-15-16-17-18-19-20-22-31(35)33-25-23-30(27-33)37-38(36-26-21-24-32)34(28(2)3)29(4)5/h28-30H,6-23,25-27H2,1-5H3/t30-,38?/m0/s1. The van der Waals surface area contributed by atoms with Gasteiger partial charge in [-0.25, -0.2) is 4.67 Å². The van der Waals surface area contributed by atoms with Gasteiger partial charge in [0.1, 0.15) is 0 Å². The molecule has 1 heterocycles. The third kappa shape index (κ3) is 16.4. The second-order valence-corrected chi connectivity index (χ2v) is 13.0. The van der Waals surface area contributed by atoms with Gasteiger partial charge in [0, 0.05) is 31.6 Å². The number of unbranched alkanes of at least 4 members (excludes halogenated alkanes) is 14. The number of nitriles is 1. The van der Waals surface area contributed by atoms with Gasteiger partial charge in [-0.3, -0.25) is 4.79 Å². The van der Waals surface area contributed by atoms with Crippen molar-refractivity contribution in [1.82, 2.24) is 9.57 Å². The molecule has 38 heavy (non-hydrogen) atoms. The maximum Gasteiger partial charge on any atom is 0.259 e. The monoisotopic (exact) mass is 553 g/mol. The lowest BCUT2D eigenvalue weighted by Gasteiger charge is -2.36. The fourth-order valence-electron chi connectivity index (χ4n) is 5.27. The lowest BCUT2D eigenvalue weighted by atomic mass is 10.0. The number of carbonyl (C=O) groups excluding carboxylic acids is 1. The minimum atomic E-state index is -1.25. The Morgan fingerprint density at radius 1 is 0.895 bits per heavy atom. The molecule has 2 atom stereocenters. The number of amides is 1. The Kier molecular flexibility index (Phi) is 21.4. The van der Waals surface area contributed by atoms with Crippen LogP contribution in [-0.4, -0.2) is 53.4 Å². The molecule has 0 aromatic rings. The summed E-state index contributed by atoms with van der Waals surface area (Å²) in [6.45, 7) is 12.7. The highest BCUT2D eigenvalue weighted by Gasteiger charge is 2.34. The fourth-order valence-corrected chi connectivity index (χ4v) is 7.00. The van der Waals surface area contributed by atoms with Crippen LogP contribution >= 0.6 is 8.53 Å². The normalized spacial score (nSPS) is 16.6. The van der Waals surface area contributed by atoms with Crippen LogP contribution in [0.25, 0.3) is 0 Å². The Morgan fingerprint density at radius 2 is 1.39 bits per heavy atom. The number of hydrogen-bond acceptors (Lipinski definition) is 5. The van der Waals surface area contributed by atoms with E-state index >= 15 is 0 Å². The third-order valence-electron chi connectivity index (χ3n) is 7.39. The number of carbonyl (C=O) groups is 1. The molecule has 0 radical (unpaired) electrons. The molecule has 1 amide bonds. The van der Waals surface area contributed by atoms with Crippen LogP contribution in [0.3, 0.4) is 0 Å². The van der Waals surface area contributed by atoms with Crippen molar-refractivity contribution in [1.29, 1.82) is 5.26 Å². The van der Waals surface area contributed by atoms with Crippen LogP contribution < -0.4 is 0 Å². The Labute approximate surface area is 237 Å². The van der Waals surface area contributed by atoms with Gasteiger partial charge in [-0.1, -0.05) is 96.8 Å². The van der Waals surface area contributed by atoms with E-state index in [1.807, 2.05) is 4.90 Å². The minimum absolute atomic E-state index is 0.00760. The maximum atomic E-state index is 12.8. The minimum Gasteiger partial charge on any atom is -0.340 e. The van der Waals surface area contributed by atoms with Crippen molar-refractivity contribution >= 4 is 14.4 Å². The van der Waals surface area contributed by atoms with E-state index in [0.29, 0.717) is 26.0 Å². The average molecular weight is 554 g/mol. The molecule has 1 rings (SSSR count). The summed E-state index contributed by atoms with van der Waals surface area (Å²) in [5, 5.41) is 8.90. The van der Waals surface area contributed by atoms with Crippen LogP contribution in [-0.2, 0) is 13.8 Å². The first-order chi connectivity index (χ1) is 18.4. The Hall–Kier alpha value is -0.730. The quantitative estimate of drug-likeness (QED) is 0.0880. The summed E-state index contributed by atoms with van der Waals surface area (Å²) in [6, 6.07) is 2.72. The SMILES string of the molecule is CCCCCCCCCCCCCCCCCC(=O)N1CC[C@H](OP(OCCC#N)N(C(C)C)C(C)C)C1. The van der Waals surface area contributed by atoms with E-state index in [0.717, 1.165) is 25.8 Å². The molecular formula is C31H60N3O3P. The summed E-state index contributed by atoms with van der Waals surface area (Å²) in [6.07, 6.45) is 22.0. The Bertz CT molecular complexity index is 618. The maximum absolute atomic E-state index is 12.8. The summed E-state index contributed by atoms with van der Waals surface area (Å²) < 4.78 is 14.7. The second-order valence-electron chi connectivity index (χ2n) is 11.6. The molecule has 1 aliphatic heterocycles. The van der Waals surface area contributed by atoms with Crippen LogP contribution in [0, 0.1) is 11.3 Å². The van der Waals surface area contributed by atoms with E-state index < -0.39 is 8.53 Å². The van der Waals surface area contributed by atoms with Gasteiger partial charge in [0.15, 0.2) is 0 Å². The highest BCUT2D eigenvalue weighted by molar-refractivity contribution is 7.44. The van der Waals surface area contributed by atoms with Crippen LogP contribution in [0.2, 0.25) is 0 Å². The van der Waals surface area contributed by atoms with Crippen molar-refractivity contribution in [2.24, 2.45) is 0 Å². The Balaban J connectivity index is 2.15. The first-order valence-electron chi connectivity index (χ1n) is 15.9. The second kappa shape index (κ2) is 23.0. The summed E-state index contributed by atoms with van der Waals surface area (Å²) in [4.78, 5) is 14.7. The van der Waals surface area contributed by atoms with Crippen molar-refractivity contribution in [3.8, 4) is 6.07 Å². The molecule has 1 saturated heterocycles. The van der Waals surface area contributed by atoms with Crippen LogP contribution in [0.1, 0.15) is 150 Å². The smallest absolute Gasteiger partial charge is 0.259 e. The molecule has 0 bridgehead atoms. The highest BCUT2D eigenvalue weighted by Crippen LogP contribution is 2.48. The van der Waals surface area contributed by atoms with E-state index in [4.69, 9.17) is 14.3 Å². The molecule has 7 heteroatoms. The summed E-state index contributed by atoms with van der Waals surface area (Å²) in [5.74, 6) is 0.269. The van der Waals surface area contributed by atoms with Crippen LogP contribution in [0.4, 0.5) is 0 Å². The van der Waals surface area contributed by atoms with Crippen LogP contribution in [0.15, 0.2) is 0 Å². The zero-order valence-corrected chi connectivity index (χ0v) is 26.5. The highest BCUT2D eigenvalue weighted by atomic mass is 31.2. The van der Waals surface area contributed by atoms with E-state index in [-0.39, 0.29) is 24.1 Å². The van der Waals surface area contributed by atoms with Crippen molar-refractivity contribution in [3.63, 3.8) is 0 Å². The summed E-state index contributed by atoms with van der Waals surface area (Å²) >= 11 is 0. The predicted octanol–water partition coefficient (Wildman–Crippen LogP) is 9.14. The van der Waals surface area contributed by atoms with Crippen LogP contribution in [0.5, 0.6) is 0 Å². The van der Waals surface area contributed by atoms with Gasteiger partial charge in [0.2, 0.25) is 5.91 Å². The van der Waals surface area contributed by atoms with E-state index in [9.17, 15) is 4.79 Å². The zero-order chi connectivity index (χ0) is 28.0.